The quantitative estimate of drug-likeness (QED) is 0.375. The first-order chi connectivity index (χ1) is 22.6. The first-order valence-corrected chi connectivity index (χ1v) is 18.0. The molecule has 13 heteroatoms. The first-order valence-electron chi connectivity index (χ1n) is 16.3. The van der Waals surface area contributed by atoms with E-state index in [1.807, 2.05) is 5.38 Å². The first kappa shape index (κ1) is 34.3. The Morgan fingerprint density at radius 2 is 1.66 bits per heavy atom. The molecule has 3 fully saturated rings. The number of esters is 2. The molecule has 4 unspecified atom stereocenters. The van der Waals surface area contributed by atoms with E-state index in [2.05, 4.69) is 32.0 Å². The largest absolute Gasteiger partial charge is 0.469 e. The van der Waals surface area contributed by atoms with Crippen LogP contribution in [-0.2, 0) is 30.3 Å². The highest BCUT2D eigenvalue weighted by Gasteiger charge is 2.61. The van der Waals surface area contributed by atoms with Crippen LogP contribution in [0, 0.1) is 5.92 Å². The maximum absolute atomic E-state index is 14.3. The number of hydrogen-bond acceptors (Lipinski definition) is 11. The number of hydrogen-bond donors (Lipinski definition) is 1. The lowest BCUT2D eigenvalue weighted by molar-refractivity contribution is -0.164. The summed E-state index contributed by atoms with van der Waals surface area (Å²) in [7, 11) is 4.84. The van der Waals surface area contributed by atoms with Gasteiger partial charge in [-0.2, -0.15) is 0 Å². The molecule has 5 heterocycles. The Bertz CT molecular complexity index is 1500. The van der Waals surface area contributed by atoms with Crippen molar-refractivity contribution in [3.05, 3.63) is 61.7 Å². The van der Waals surface area contributed by atoms with E-state index in [9.17, 15) is 14.4 Å². The third-order valence-corrected chi connectivity index (χ3v) is 12.4. The van der Waals surface area contributed by atoms with Gasteiger partial charge in [-0.05, 0) is 63.8 Å². The van der Waals surface area contributed by atoms with Gasteiger partial charge in [0.2, 0.25) is 0 Å². The zero-order valence-electron chi connectivity index (χ0n) is 27.3. The fourth-order valence-electron chi connectivity index (χ4n) is 8.61. The van der Waals surface area contributed by atoms with Crippen molar-refractivity contribution in [1.82, 2.24) is 25.0 Å². The number of nitrogens with one attached hydrogen (secondary N) is 1. The van der Waals surface area contributed by atoms with Crippen LogP contribution >= 0.6 is 34.5 Å². The summed E-state index contributed by atoms with van der Waals surface area (Å²) in [6, 6.07) is 6.78. The average Bonchev–Trinajstić information content (AvgIpc) is 3.65. The van der Waals surface area contributed by atoms with Gasteiger partial charge in [0.1, 0.15) is 5.92 Å². The van der Waals surface area contributed by atoms with Crippen LogP contribution in [0.4, 0.5) is 0 Å². The molecule has 0 spiro atoms. The van der Waals surface area contributed by atoms with Gasteiger partial charge in [0.25, 0.3) is 0 Å². The number of benzene rings is 1. The minimum atomic E-state index is -1.55. The van der Waals surface area contributed by atoms with Crippen molar-refractivity contribution in [2.24, 2.45) is 5.92 Å². The lowest BCUT2D eigenvalue weighted by Gasteiger charge is -2.55. The van der Waals surface area contributed by atoms with E-state index < -0.39 is 29.4 Å². The molecule has 1 aromatic carbocycles. The van der Waals surface area contributed by atoms with Crippen LogP contribution in [0.2, 0.25) is 10.0 Å². The Hall–Kier alpha value is -2.54. The number of thiazole rings is 1. The van der Waals surface area contributed by atoms with Crippen LogP contribution in [0.5, 0.6) is 0 Å². The van der Waals surface area contributed by atoms with Gasteiger partial charge in [0, 0.05) is 84.0 Å². The maximum Gasteiger partial charge on any atom is 0.336 e. The van der Waals surface area contributed by atoms with E-state index in [4.69, 9.17) is 32.7 Å². The summed E-state index contributed by atoms with van der Waals surface area (Å²) < 4.78 is 10.8. The van der Waals surface area contributed by atoms with E-state index in [-0.39, 0.29) is 21.4 Å². The second-order valence-corrected chi connectivity index (χ2v) is 14.9. The molecule has 2 bridgehead atoms. The number of nitrogens with zero attached hydrogens (tertiary/aromatic N) is 4. The number of halogens is 2. The molecule has 10 nitrogen and oxygen atoms in total. The van der Waals surface area contributed by atoms with Gasteiger partial charge in [-0.25, -0.2) is 9.78 Å². The third kappa shape index (κ3) is 6.24. The van der Waals surface area contributed by atoms with Crippen molar-refractivity contribution in [2.45, 2.75) is 75.2 Å². The second kappa shape index (κ2) is 14.1. The lowest BCUT2D eigenvalue weighted by atomic mass is 9.67. The van der Waals surface area contributed by atoms with Crippen LogP contribution in [-0.4, -0.2) is 109 Å². The number of ketones is 1. The Labute approximate surface area is 290 Å². The lowest BCUT2D eigenvalue weighted by Crippen LogP contribution is -2.74. The summed E-state index contributed by atoms with van der Waals surface area (Å²) in [6.07, 6.45) is 7.38. The van der Waals surface area contributed by atoms with Crippen molar-refractivity contribution in [1.29, 1.82) is 0 Å². The number of allylic oxidation sites excluding steroid dienone is 1. The van der Waals surface area contributed by atoms with Crippen molar-refractivity contribution in [3.8, 4) is 0 Å². The van der Waals surface area contributed by atoms with Crippen LogP contribution in [0.15, 0.2) is 41.0 Å². The van der Waals surface area contributed by atoms with E-state index in [0.29, 0.717) is 55.3 Å². The Morgan fingerprint density at radius 3 is 2.21 bits per heavy atom. The van der Waals surface area contributed by atoms with Crippen molar-refractivity contribution >= 4 is 52.3 Å². The molecule has 4 aliphatic rings. The van der Waals surface area contributed by atoms with E-state index in [1.165, 1.54) is 45.3 Å². The van der Waals surface area contributed by atoms with Crippen LogP contribution < -0.4 is 5.32 Å². The number of piperazine rings is 1. The number of aryl methyl sites for hydroxylation is 1. The molecule has 3 saturated heterocycles. The maximum atomic E-state index is 14.3. The highest BCUT2D eigenvalue weighted by molar-refractivity contribution is 7.09. The molecule has 0 aliphatic carbocycles. The number of aromatic nitrogens is 1. The molecular weight excluding hydrogens is 661 g/mol. The van der Waals surface area contributed by atoms with Gasteiger partial charge in [-0.3, -0.25) is 19.4 Å². The highest BCUT2D eigenvalue weighted by Crippen LogP contribution is 2.51. The van der Waals surface area contributed by atoms with Crippen molar-refractivity contribution < 1.29 is 23.9 Å². The van der Waals surface area contributed by atoms with Gasteiger partial charge < -0.3 is 19.7 Å². The predicted molar refractivity (Wildman–Crippen MR) is 181 cm³/mol. The van der Waals surface area contributed by atoms with E-state index >= 15 is 0 Å². The van der Waals surface area contributed by atoms with Gasteiger partial charge in [-0.1, -0.05) is 29.3 Å². The number of methoxy groups -OCH3 is 2. The Balaban J connectivity index is 1.44. The number of piperidine rings is 1. The van der Waals surface area contributed by atoms with Crippen LogP contribution in [0.25, 0.3) is 0 Å². The summed E-state index contributed by atoms with van der Waals surface area (Å²) in [5.41, 5.74) is -0.469. The molecule has 47 heavy (non-hydrogen) atoms. The third-order valence-electron chi connectivity index (χ3n) is 10.9. The molecule has 0 amide bonds. The van der Waals surface area contributed by atoms with Gasteiger partial charge >= 0.3 is 11.9 Å². The summed E-state index contributed by atoms with van der Waals surface area (Å²) >= 11 is 15.2. The number of ether oxygens (including phenoxy) is 2. The normalized spacial score (nSPS) is 30.2. The Kier molecular flexibility index (Phi) is 10.3. The van der Waals surface area contributed by atoms with E-state index in [1.54, 1.807) is 24.4 Å². The molecular formula is C34H43Cl2N5O5S. The van der Waals surface area contributed by atoms with Gasteiger partial charge in [0.15, 0.2) is 11.4 Å². The molecule has 6 atom stereocenters. The summed E-state index contributed by atoms with van der Waals surface area (Å²) in [5.74, 6) is -3.78. The minimum absolute atomic E-state index is 0.201. The number of fused-ring (bicyclic) bond motifs is 2. The number of carbonyl (C=O) groups excluding carboxylic acids is 3. The monoisotopic (exact) mass is 703 g/mol. The molecule has 2 aromatic rings. The second-order valence-electron chi connectivity index (χ2n) is 13.1. The van der Waals surface area contributed by atoms with E-state index in [0.717, 1.165) is 30.9 Å². The summed E-state index contributed by atoms with van der Waals surface area (Å²) in [5, 5.41) is 6.84. The highest BCUT2D eigenvalue weighted by atomic mass is 35.5. The topological polar surface area (TPSA) is 104 Å². The SMILES string of the molecule is COC(=O)C1=C(CCc2nccs2)NC(C(C)=O)(N2CCN(C3C[C@H]4CC[C@@H](C3)N4C)CC2)C(C(=O)OC)C1c1c(Cl)cccc1Cl. The smallest absolute Gasteiger partial charge is 0.336 e. The van der Waals surface area contributed by atoms with Crippen molar-refractivity contribution in [3.63, 3.8) is 0 Å². The zero-order valence-corrected chi connectivity index (χ0v) is 29.7. The Morgan fingerprint density at radius 1 is 1.00 bits per heavy atom. The molecule has 0 radical (unpaired) electrons. The molecule has 4 aliphatic heterocycles. The van der Waals surface area contributed by atoms with Gasteiger partial charge in [0.05, 0.1) is 24.8 Å². The molecule has 1 N–H and O–H groups in total. The van der Waals surface area contributed by atoms with Crippen LogP contribution in [0.3, 0.4) is 0 Å². The van der Waals surface area contributed by atoms with Gasteiger partial charge in [-0.15, -0.1) is 11.3 Å². The molecule has 0 saturated carbocycles. The summed E-state index contributed by atoms with van der Waals surface area (Å²) in [4.78, 5) is 53.8. The zero-order chi connectivity index (χ0) is 33.5. The fraction of sp³-hybridized carbons (Fsp3) is 0.588. The molecule has 1 aromatic heterocycles. The number of Topliss-reactive ketones (excluding diaryl/α,β-unsaturated/α-hetero) is 1. The number of rotatable bonds is 9. The molecule has 254 valence electrons. The predicted octanol–water partition coefficient (Wildman–Crippen LogP) is 4.51. The average molecular weight is 705 g/mol. The van der Waals surface area contributed by atoms with Crippen LogP contribution in [0.1, 0.15) is 55.5 Å². The summed E-state index contributed by atoms with van der Waals surface area (Å²) in [6.45, 7) is 4.07. The number of carbonyl (C=O) groups is 3. The minimum Gasteiger partial charge on any atom is -0.469 e. The fourth-order valence-corrected chi connectivity index (χ4v) is 9.87. The molecule has 6 rings (SSSR count). The van der Waals surface area contributed by atoms with Crippen molar-refractivity contribution in [2.75, 3.05) is 47.4 Å². The standard InChI is InChI=1S/C34H43Cl2N5O5S/c1-20(42)34(41-15-13-40(14-16-41)23-18-21-8-9-22(19-23)39(21)2)31(33(44)46-4)30(28-24(35)6-5-7-25(28)36)29(32(43)45-3)26(38-34)10-11-27-37-12-17-47-27/h5-7,12,17,21-23,30-31,38H,8-11,13-16,18-19H2,1-4H3/t21-,22+,23?,30?,31?,34?.